The van der Waals surface area contributed by atoms with Gasteiger partial charge in [0.15, 0.2) is 5.03 Å². The van der Waals surface area contributed by atoms with Crippen molar-refractivity contribution in [3.8, 4) is 0 Å². The molecular weight excluding hydrogens is 290 g/mol. The lowest BCUT2D eigenvalue weighted by Gasteiger charge is -2.31. The van der Waals surface area contributed by atoms with Gasteiger partial charge in [0.2, 0.25) is 0 Å². The molecule has 0 radical (unpaired) electrons. The van der Waals surface area contributed by atoms with Gasteiger partial charge in [-0.3, -0.25) is 0 Å². The molecule has 116 valence electrons. The molecule has 2 aliphatic rings. The number of rotatable bonds is 5. The third-order valence-corrected chi connectivity index (χ3v) is 5.72. The first-order valence-electron chi connectivity index (χ1n) is 7.45. The molecule has 3 rings (SSSR count). The Morgan fingerprint density at radius 2 is 2.10 bits per heavy atom. The molecule has 2 bridgehead atoms. The Hall–Kier alpha value is -1.18. The van der Waals surface area contributed by atoms with Gasteiger partial charge >= 0.3 is 0 Å². The second kappa shape index (κ2) is 5.90. The molecule has 2 atom stereocenters. The molecule has 0 saturated carbocycles. The van der Waals surface area contributed by atoms with Crippen molar-refractivity contribution in [1.29, 1.82) is 0 Å². The van der Waals surface area contributed by atoms with Crippen LogP contribution in [0.4, 0.5) is 5.69 Å². The molecule has 1 aromatic rings. The zero-order chi connectivity index (χ0) is 14.9. The van der Waals surface area contributed by atoms with E-state index in [0.717, 1.165) is 25.8 Å². The molecule has 1 N–H and O–H groups in total. The number of anilines is 1. The maximum atomic E-state index is 12.9. The monoisotopic (exact) mass is 311 g/mol. The van der Waals surface area contributed by atoms with E-state index in [1.165, 1.54) is 10.5 Å². The lowest BCUT2D eigenvalue weighted by Crippen LogP contribution is -2.46. The fraction of sp³-hybridized carbons (Fsp3) is 0.643. The number of hydrogen-bond acceptors (Lipinski definition) is 5. The van der Waals surface area contributed by atoms with Crippen molar-refractivity contribution in [2.24, 2.45) is 0 Å². The summed E-state index contributed by atoms with van der Waals surface area (Å²) >= 11 is 0. The number of hydrogen-bond donors (Lipinski definition) is 1. The smallest absolute Gasteiger partial charge is 0.262 e. The zero-order valence-electron chi connectivity index (χ0n) is 12.2. The first kappa shape index (κ1) is 14.7. The van der Waals surface area contributed by atoms with E-state index in [2.05, 4.69) is 10.3 Å². The minimum Gasteiger partial charge on any atom is -0.383 e. The highest BCUT2D eigenvalue weighted by Gasteiger charge is 2.40. The van der Waals surface area contributed by atoms with E-state index in [9.17, 15) is 8.42 Å². The van der Waals surface area contributed by atoms with E-state index in [1.54, 1.807) is 12.1 Å². The summed E-state index contributed by atoms with van der Waals surface area (Å²) in [7, 11) is -3.57. The van der Waals surface area contributed by atoms with Gasteiger partial charge in [-0.05, 0) is 31.4 Å². The third kappa shape index (κ3) is 2.90. The van der Waals surface area contributed by atoms with Crippen molar-refractivity contribution in [2.45, 2.75) is 43.4 Å². The number of pyridine rings is 1. The molecule has 3 heterocycles. The number of nitrogens with zero attached hydrogens (tertiary/aromatic N) is 2. The molecule has 2 unspecified atom stereocenters. The summed E-state index contributed by atoms with van der Waals surface area (Å²) in [5, 5.41) is 3.27. The molecule has 2 aliphatic heterocycles. The molecule has 7 heteroatoms. The van der Waals surface area contributed by atoms with Gasteiger partial charge in [0, 0.05) is 25.8 Å². The summed E-state index contributed by atoms with van der Waals surface area (Å²) in [6.07, 6.45) is 4.41. The Balaban J connectivity index is 1.88. The summed E-state index contributed by atoms with van der Waals surface area (Å²) in [5.41, 5.74) is 0.582. The molecule has 1 aromatic heterocycles. The summed E-state index contributed by atoms with van der Waals surface area (Å²) in [6.45, 7) is 3.63. The minimum atomic E-state index is -3.57. The van der Waals surface area contributed by atoms with Crippen LogP contribution in [0.1, 0.15) is 26.2 Å². The number of aromatic nitrogens is 1. The van der Waals surface area contributed by atoms with Crippen molar-refractivity contribution >= 4 is 15.7 Å². The van der Waals surface area contributed by atoms with E-state index in [0.29, 0.717) is 18.8 Å². The third-order valence-electron chi connectivity index (χ3n) is 3.93. The van der Waals surface area contributed by atoms with Crippen molar-refractivity contribution < 1.29 is 13.2 Å². The number of sulfonamides is 1. The standard InChI is InChI=1S/C14H21N3O3S/c1-2-7-15-13-4-3-8-16-14(13)21(18,19)17-9-11-5-6-12(10-17)20-11/h3-4,8,11-12,15H,2,5-7,9-10H2,1H3. The number of ether oxygens (including phenoxy) is 1. The molecule has 0 spiro atoms. The SMILES string of the molecule is CCCNc1cccnc1S(=O)(=O)N1CC2CCC(C1)O2. The Morgan fingerprint density at radius 1 is 1.38 bits per heavy atom. The quantitative estimate of drug-likeness (QED) is 0.891. The molecule has 2 fully saturated rings. The largest absolute Gasteiger partial charge is 0.383 e. The van der Waals surface area contributed by atoms with Crippen molar-refractivity contribution in [1.82, 2.24) is 9.29 Å². The average Bonchev–Trinajstić information content (AvgIpc) is 2.83. The van der Waals surface area contributed by atoms with E-state index >= 15 is 0 Å². The molecule has 0 amide bonds. The highest BCUT2D eigenvalue weighted by Crippen LogP contribution is 2.31. The van der Waals surface area contributed by atoms with Gasteiger partial charge in [-0.2, -0.15) is 4.31 Å². The lowest BCUT2D eigenvalue weighted by atomic mass is 10.2. The number of fused-ring (bicyclic) bond motifs is 2. The van der Waals surface area contributed by atoms with E-state index < -0.39 is 10.0 Å². The maximum absolute atomic E-state index is 12.9. The zero-order valence-corrected chi connectivity index (χ0v) is 13.0. The van der Waals surface area contributed by atoms with Crippen LogP contribution >= 0.6 is 0 Å². The molecule has 0 aliphatic carbocycles. The van der Waals surface area contributed by atoms with Crippen LogP contribution < -0.4 is 5.32 Å². The molecule has 2 saturated heterocycles. The Labute approximate surface area is 125 Å². The van der Waals surface area contributed by atoms with Gasteiger partial charge in [-0.1, -0.05) is 6.92 Å². The number of nitrogens with one attached hydrogen (secondary N) is 1. The predicted molar refractivity (Wildman–Crippen MR) is 79.7 cm³/mol. The van der Waals surface area contributed by atoms with Crippen LogP contribution in [0.3, 0.4) is 0 Å². The van der Waals surface area contributed by atoms with Gasteiger partial charge in [0.25, 0.3) is 10.0 Å². The van der Waals surface area contributed by atoms with Crippen molar-refractivity contribution in [2.75, 3.05) is 25.0 Å². The number of morpholine rings is 1. The second-order valence-corrected chi connectivity index (χ2v) is 7.42. The van der Waals surface area contributed by atoms with Crippen molar-refractivity contribution in [3.05, 3.63) is 18.3 Å². The highest BCUT2D eigenvalue weighted by molar-refractivity contribution is 7.89. The van der Waals surface area contributed by atoms with Crippen LogP contribution in [0.15, 0.2) is 23.4 Å². The summed E-state index contributed by atoms with van der Waals surface area (Å²) in [6, 6.07) is 3.52. The fourth-order valence-electron chi connectivity index (χ4n) is 2.89. The van der Waals surface area contributed by atoms with Gasteiger partial charge in [-0.15, -0.1) is 0 Å². The van der Waals surface area contributed by atoms with Gasteiger partial charge < -0.3 is 10.1 Å². The Bertz CT molecular complexity index is 593. The molecular formula is C14H21N3O3S. The molecule has 21 heavy (non-hydrogen) atoms. The Morgan fingerprint density at radius 3 is 2.76 bits per heavy atom. The predicted octanol–water partition coefficient (Wildman–Crippen LogP) is 1.46. The maximum Gasteiger partial charge on any atom is 0.262 e. The first-order chi connectivity index (χ1) is 10.1. The van der Waals surface area contributed by atoms with Crippen LogP contribution in [0, 0.1) is 0 Å². The van der Waals surface area contributed by atoms with Gasteiger partial charge in [-0.25, -0.2) is 13.4 Å². The van der Waals surface area contributed by atoms with Crippen LogP contribution in [-0.2, 0) is 14.8 Å². The van der Waals surface area contributed by atoms with Crippen LogP contribution in [0.5, 0.6) is 0 Å². The summed E-state index contributed by atoms with van der Waals surface area (Å²) < 4.78 is 33.0. The van der Waals surface area contributed by atoms with E-state index in [4.69, 9.17) is 4.74 Å². The van der Waals surface area contributed by atoms with Crippen LogP contribution in [0.2, 0.25) is 0 Å². The van der Waals surface area contributed by atoms with Crippen molar-refractivity contribution in [3.63, 3.8) is 0 Å². The highest BCUT2D eigenvalue weighted by atomic mass is 32.2. The molecule has 0 aromatic carbocycles. The normalized spacial score (nSPS) is 26.0. The van der Waals surface area contributed by atoms with Crippen LogP contribution in [0.25, 0.3) is 0 Å². The Kier molecular flexibility index (Phi) is 4.14. The van der Waals surface area contributed by atoms with Gasteiger partial charge in [0.05, 0.1) is 17.9 Å². The fourth-order valence-corrected chi connectivity index (χ4v) is 4.47. The lowest BCUT2D eigenvalue weighted by molar-refractivity contribution is -0.0115. The second-order valence-electron chi connectivity index (χ2n) is 5.56. The van der Waals surface area contributed by atoms with Crippen LogP contribution in [-0.4, -0.2) is 49.5 Å². The minimum absolute atomic E-state index is 0.0364. The summed E-state index contributed by atoms with van der Waals surface area (Å²) in [4.78, 5) is 4.12. The summed E-state index contributed by atoms with van der Waals surface area (Å²) in [5.74, 6) is 0. The first-order valence-corrected chi connectivity index (χ1v) is 8.89. The average molecular weight is 311 g/mol. The van der Waals surface area contributed by atoms with E-state index in [-0.39, 0.29) is 17.2 Å². The topological polar surface area (TPSA) is 71.5 Å². The van der Waals surface area contributed by atoms with Gasteiger partial charge in [0.1, 0.15) is 0 Å². The van der Waals surface area contributed by atoms with E-state index in [1.807, 2.05) is 6.92 Å². The molecule has 6 nitrogen and oxygen atoms in total.